The molecule has 0 saturated carbocycles. The molecule has 0 aliphatic carbocycles. The van der Waals surface area contributed by atoms with Crippen LogP contribution in [0.5, 0.6) is 0 Å². The van der Waals surface area contributed by atoms with Gasteiger partial charge in [0.1, 0.15) is 0 Å². The lowest BCUT2D eigenvalue weighted by molar-refractivity contribution is 0.148. The fraction of sp³-hybridized carbons (Fsp3) is 0.562. The van der Waals surface area contributed by atoms with Gasteiger partial charge in [0.2, 0.25) is 0 Å². The number of hydrogen-bond acceptors (Lipinski definition) is 4. The van der Waals surface area contributed by atoms with Crippen molar-refractivity contribution in [1.82, 2.24) is 14.8 Å². The van der Waals surface area contributed by atoms with Crippen molar-refractivity contribution in [2.45, 2.75) is 25.9 Å². The molecule has 0 bridgehead atoms. The van der Waals surface area contributed by atoms with Crippen LogP contribution >= 0.6 is 49.6 Å². The lowest BCUT2D eigenvalue weighted by Gasteiger charge is -2.32. The fourth-order valence-corrected chi connectivity index (χ4v) is 2.22. The number of piperazine rings is 1. The first-order valence-electron chi connectivity index (χ1n) is 7.23. The Hall–Kier alpha value is -0.250. The van der Waals surface area contributed by atoms with Gasteiger partial charge in [0, 0.05) is 63.1 Å². The van der Waals surface area contributed by atoms with Crippen LogP contribution in [0.15, 0.2) is 18.5 Å². The van der Waals surface area contributed by atoms with Crippen LogP contribution in [0, 0.1) is 11.8 Å². The molecule has 1 aliphatic heterocycles. The van der Waals surface area contributed by atoms with Crippen molar-refractivity contribution < 1.29 is 0 Å². The highest BCUT2D eigenvalue weighted by Crippen LogP contribution is 2.08. The van der Waals surface area contributed by atoms with Crippen LogP contribution in [0.3, 0.4) is 0 Å². The van der Waals surface area contributed by atoms with Gasteiger partial charge >= 0.3 is 0 Å². The topological polar surface area (TPSA) is 45.4 Å². The highest BCUT2D eigenvalue weighted by molar-refractivity contribution is 5.86. The van der Waals surface area contributed by atoms with Gasteiger partial charge in [-0.15, -0.1) is 49.6 Å². The second-order valence-electron chi connectivity index (χ2n) is 5.64. The number of aromatic nitrogens is 1. The summed E-state index contributed by atoms with van der Waals surface area (Å²) < 4.78 is 0. The van der Waals surface area contributed by atoms with Crippen LogP contribution in [-0.2, 0) is 6.54 Å². The number of nitrogens with zero attached hydrogens (tertiary/aromatic N) is 3. The molecular weight excluding hydrogens is 390 g/mol. The number of rotatable bonds is 3. The highest BCUT2D eigenvalue weighted by atomic mass is 35.5. The highest BCUT2D eigenvalue weighted by Gasteiger charge is 2.13. The molecule has 2 heterocycles. The molecule has 0 aromatic carbocycles. The lowest BCUT2D eigenvalue weighted by Crippen LogP contribution is -2.43. The summed E-state index contributed by atoms with van der Waals surface area (Å²) >= 11 is 0. The van der Waals surface area contributed by atoms with Crippen molar-refractivity contribution in [3.05, 3.63) is 29.6 Å². The first kappa shape index (κ1) is 28.5. The van der Waals surface area contributed by atoms with Crippen molar-refractivity contribution in [2.24, 2.45) is 5.73 Å². The third-order valence-electron chi connectivity index (χ3n) is 3.45. The molecule has 1 aromatic heterocycles. The van der Waals surface area contributed by atoms with E-state index in [9.17, 15) is 0 Å². The fourth-order valence-electron chi connectivity index (χ4n) is 2.22. The van der Waals surface area contributed by atoms with E-state index in [0.717, 1.165) is 44.7 Å². The van der Waals surface area contributed by atoms with Gasteiger partial charge in [0.15, 0.2) is 0 Å². The average molecular weight is 418 g/mol. The number of nitrogens with two attached hydrogens (primary N) is 1. The standard InChI is InChI=1S/C16H24N4.4ClH/c1-14(17)4-3-5-15-10-16(12-18-11-15)13-20-8-6-19(2)7-9-20;;;;/h10-12,14H,4,6-9,13,17H2,1-2H3;4*1H/t14-;;;;/m0..../s1. The Morgan fingerprint density at radius 1 is 1.12 bits per heavy atom. The molecule has 4 nitrogen and oxygen atoms in total. The van der Waals surface area contributed by atoms with Gasteiger partial charge in [0.05, 0.1) is 0 Å². The zero-order valence-electron chi connectivity index (χ0n) is 14.1. The summed E-state index contributed by atoms with van der Waals surface area (Å²) in [6.45, 7) is 7.46. The minimum absolute atomic E-state index is 0. The van der Waals surface area contributed by atoms with Crippen molar-refractivity contribution in [3.63, 3.8) is 0 Å². The Morgan fingerprint density at radius 3 is 2.33 bits per heavy atom. The van der Waals surface area contributed by atoms with Crippen molar-refractivity contribution >= 4 is 49.6 Å². The molecule has 0 spiro atoms. The van der Waals surface area contributed by atoms with E-state index in [1.165, 1.54) is 5.56 Å². The normalized spacial score (nSPS) is 15.3. The second-order valence-corrected chi connectivity index (χ2v) is 5.64. The maximum Gasteiger partial charge on any atom is 0.0431 e. The smallest absolute Gasteiger partial charge is 0.0431 e. The van der Waals surface area contributed by atoms with Crippen molar-refractivity contribution in [3.8, 4) is 11.8 Å². The molecule has 0 radical (unpaired) electrons. The number of likely N-dealkylation sites (N-methyl/N-ethyl adjacent to an activating group) is 1. The van der Waals surface area contributed by atoms with E-state index in [1.807, 2.05) is 19.3 Å². The quantitative estimate of drug-likeness (QED) is 0.767. The zero-order chi connectivity index (χ0) is 14.4. The zero-order valence-corrected chi connectivity index (χ0v) is 17.4. The van der Waals surface area contributed by atoms with Crippen LogP contribution < -0.4 is 5.73 Å². The van der Waals surface area contributed by atoms with Gasteiger partial charge in [-0.2, -0.15) is 0 Å². The number of halogens is 4. The van der Waals surface area contributed by atoms with E-state index < -0.39 is 0 Å². The molecule has 1 aliphatic rings. The van der Waals surface area contributed by atoms with E-state index in [4.69, 9.17) is 5.73 Å². The Bertz CT molecular complexity index is 494. The molecule has 8 heteroatoms. The lowest BCUT2D eigenvalue weighted by atomic mass is 10.1. The third-order valence-corrected chi connectivity index (χ3v) is 3.45. The first-order valence-corrected chi connectivity index (χ1v) is 7.23. The second kappa shape index (κ2) is 15.0. The molecule has 1 saturated heterocycles. The minimum Gasteiger partial charge on any atom is -0.327 e. The Labute approximate surface area is 170 Å². The summed E-state index contributed by atoms with van der Waals surface area (Å²) in [6.07, 6.45) is 4.49. The van der Waals surface area contributed by atoms with E-state index in [1.54, 1.807) is 0 Å². The van der Waals surface area contributed by atoms with Crippen LogP contribution in [0.4, 0.5) is 0 Å². The number of pyridine rings is 1. The van der Waals surface area contributed by atoms with Crippen LogP contribution in [-0.4, -0.2) is 54.1 Å². The summed E-state index contributed by atoms with van der Waals surface area (Å²) in [5, 5.41) is 0. The maximum absolute atomic E-state index is 5.69. The van der Waals surface area contributed by atoms with Crippen molar-refractivity contribution in [1.29, 1.82) is 0 Å². The number of hydrogen-bond donors (Lipinski definition) is 1. The molecule has 0 amide bonds. The SMILES string of the molecule is C[C@H](N)CC#Cc1cncc(CN2CCN(C)CC2)c1.Cl.Cl.Cl.Cl. The van der Waals surface area contributed by atoms with Gasteiger partial charge in [-0.3, -0.25) is 9.88 Å². The Morgan fingerprint density at radius 2 is 1.75 bits per heavy atom. The predicted octanol–water partition coefficient (Wildman–Crippen LogP) is 2.61. The maximum atomic E-state index is 5.69. The van der Waals surface area contributed by atoms with E-state index in [2.05, 4.69) is 39.7 Å². The van der Waals surface area contributed by atoms with E-state index in [0.29, 0.717) is 0 Å². The Balaban J connectivity index is -0.00000110. The third kappa shape index (κ3) is 10.6. The van der Waals surface area contributed by atoms with Crippen LogP contribution in [0.1, 0.15) is 24.5 Å². The predicted molar refractivity (Wildman–Crippen MR) is 111 cm³/mol. The van der Waals surface area contributed by atoms with Gasteiger partial charge in [0.25, 0.3) is 0 Å². The molecule has 0 unspecified atom stereocenters. The van der Waals surface area contributed by atoms with Crippen LogP contribution in [0.2, 0.25) is 0 Å². The summed E-state index contributed by atoms with van der Waals surface area (Å²) in [7, 11) is 2.17. The summed E-state index contributed by atoms with van der Waals surface area (Å²) in [6, 6.07) is 2.27. The van der Waals surface area contributed by atoms with E-state index in [-0.39, 0.29) is 55.7 Å². The first-order chi connectivity index (χ1) is 9.63. The molecular formula is C16H28Cl4N4. The summed E-state index contributed by atoms with van der Waals surface area (Å²) in [4.78, 5) is 9.13. The largest absolute Gasteiger partial charge is 0.327 e. The Kier molecular flexibility index (Phi) is 17.9. The van der Waals surface area contributed by atoms with Gasteiger partial charge in [-0.05, 0) is 25.6 Å². The minimum atomic E-state index is 0. The van der Waals surface area contributed by atoms with Gasteiger partial charge < -0.3 is 10.6 Å². The van der Waals surface area contributed by atoms with E-state index >= 15 is 0 Å². The molecule has 140 valence electrons. The summed E-state index contributed by atoms with van der Waals surface area (Å²) in [5.41, 5.74) is 7.91. The molecule has 1 atom stereocenters. The van der Waals surface area contributed by atoms with Crippen LogP contribution in [0.25, 0.3) is 0 Å². The molecule has 24 heavy (non-hydrogen) atoms. The average Bonchev–Trinajstić information content (AvgIpc) is 2.41. The molecule has 2 rings (SSSR count). The molecule has 1 aromatic rings. The van der Waals surface area contributed by atoms with Gasteiger partial charge in [-0.25, -0.2) is 0 Å². The van der Waals surface area contributed by atoms with Crippen molar-refractivity contribution in [2.75, 3.05) is 33.2 Å². The molecule has 1 fully saturated rings. The van der Waals surface area contributed by atoms with Gasteiger partial charge in [-0.1, -0.05) is 11.8 Å². The monoisotopic (exact) mass is 416 g/mol. The summed E-state index contributed by atoms with van der Waals surface area (Å²) in [5.74, 6) is 6.24. The molecule has 2 N–H and O–H groups in total.